The summed E-state index contributed by atoms with van der Waals surface area (Å²) in [5, 5.41) is 0. The highest BCUT2D eigenvalue weighted by molar-refractivity contribution is 5.77. The lowest BCUT2D eigenvalue weighted by Gasteiger charge is -2.34. The predicted molar refractivity (Wildman–Crippen MR) is 77.2 cm³/mol. The molecule has 0 heterocycles. The summed E-state index contributed by atoms with van der Waals surface area (Å²) < 4.78 is 5.10. The fourth-order valence-corrected chi connectivity index (χ4v) is 1.69. The quantitative estimate of drug-likeness (QED) is 0.852. The van der Waals surface area contributed by atoms with Gasteiger partial charge in [0, 0.05) is 25.6 Å². The van der Waals surface area contributed by atoms with Crippen molar-refractivity contribution < 1.29 is 9.53 Å². The molecular formula is C15H24N2O2. The van der Waals surface area contributed by atoms with Crippen LogP contribution in [0.25, 0.3) is 0 Å². The number of nitrogens with two attached hydrogens (primary N) is 1. The van der Waals surface area contributed by atoms with Gasteiger partial charge in [0.2, 0.25) is 5.91 Å². The van der Waals surface area contributed by atoms with E-state index in [-0.39, 0.29) is 11.4 Å². The first-order valence-electron chi connectivity index (χ1n) is 6.50. The number of carbonyl (C=O) groups is 1. The predicted octanol–water partition coefficient (Wildman–Crippen LogP) is 1.82. The highest BCUT2D eigenvalue weighted by Gasteiger charge is 2.25. The van der Waals surface area contributed by atoms with E-state index in [0.29, 0.717) is 13.0 Å². The van der Waals surface area contributed by atoms with Gasteiger partial charge in [0.1, 0.15) is 5.75 Å². The molecular weight excluding hydrogens is 240 g/mol. The minimum Gasteiger partial charge on any atom is -0.497 e. The van der Waals surface area contributed by atoms with Crippen LogP contribution < -0.4 is 10.5 Å². The van der Waals surface area contributed by atoms with Gasteiger partial charge in [-0.2, -0.15) is 0 Å². The Morgan fingerprint density at radius 3 is 2.37 bits per heavy atom. The minimum atomic E-state index is -0.295. The molecule has 0 atom stereocenters. The topological polar surface area (TPSA) is 55.6 Å². The Balaban J connectivity index is 2.54. The van der Waals surface area contributed by atoms with Crippen LogP contribution in [0.2, 0.25) is 0 Å². The summed E-state index contributed by atoms with van der Waals surface area (Å²) in [5.41, 5.74) is 6.51. The van der Waals surface area contributed by atoms with Gasteiger partial charge < -0.3 is 15.4 Å². The second kappa shape index (κ2) is 6.57. The summed E-state index contributed by atoms with van der Waals surface area (Å²) in [4.78, 5) is 13.8. The van der Waals surface area contributed by atoms with E-state index in [1.807, 2.05) is 45.2 Å². The van der Waals surface area contributed by atoms with E-state index in [1.165, 1.54) is 0 Å². The van der Waals surface area contributed by atoms with Crippen LogP contribution in [0.4, 0.5) is 0 Å². The van der Waals surface area contributed by atoms with Crippen LogP contribution in [-0.2, 0) is 11.2 Å². The summed E-state index contributed by atoms with van der Waals surface area (Å²) in [7, 11) is 3.45. The molecule has 1 aromatic rings. The minimum absolute atomic E-state index is 0.117. The number of hydrogen-bond acceptors (Lipinski definition) is 3. The maximum absolute atomic E-state index is 12.1. The van der Waals surface area contributed by atoms with Gasteiger partial charge in [0.25, 0.3) is 0 Å². The molecule has 0 saturated carbocycles. The number of nitrogens with zero attached hydrogens (tertiary/aromatic N) is 1. The Morgan fingerprint density at radius 1 is 1.32 bits per heavy atom. The first-order chi connectivity index (χ1) is 8.90. The second-order valence-electron chi connectivity index (χ2n) is 5.32. The van der Waals surface area contributed by atoms with Crippen molar-refractivity contribution in [2.24, 2.45) is 5.73 Å². The molecule has 1 rings (SSSR count). The van der Waals surface area contributed by atoms with Crippen LogP contribution in [0.3, 0.4) is 0 Å². The van der Waals surface area contributed by atoms with Crippen LogP contribution in [0.15, 0.2) is 24.3 Å². The summed E-state index contributed by atoms with van der Waals surface area (Å²) in [5.74, 6) is 0.947. The summed E-state index contributed by atoms with van der Waals surface area (Å²) in [6, 6.07) is 7.79. The van der Waals surface area contributed by atoms with E-state index < -0.39 is 0 Å². The Kier molecular flexibility index (Phi) is 5.36. The van der Waals surface area contributed by atoms with Crippen molar-refractivity contribution in [1.29, 1.82) is 0 Å². The third kappa shape index (κ3) is 4.24. The molecule has 1 aromatic carbocycles. The Morgan fingerprint density at radius 2 is 1.89 bits per heavy atom. The smallest absolute Gasteiger partial charge is 0.223 e. The van der Waals surface area contributed by atoms with Crippen LogP contribution in [0.5, 0.6) is 5.75 Å². The molecule has 2 N–H and O–H groups in total. The van der Waals surface area contributed by atoms with E-state index in [0.717, 1.165) is 17.7 Å². The van der Waals surface area contributed by atoms with Crippen molar-refractivity contribution in [1.82, 2.24) is 4.90 Å². The zero-order chi connectivity index (χ0) is 14.5. The SMILES string of the molecule is COc1ccc(CCC(=O)N(C)C(C)(C)CN)cc1. The molecule has 0 saturated heterocycles. The first kappa shape index (κ1) is 15.5. The second-order valence-corrected chi connectivity index (χ2v) is 5.32. The molecule has 0 radical (unpaired) electrons. The van der Waals surface area contributed by atoms with Crippen LogP contribution in [-0.4, -0.2) is 37.0 Å². The Labute approximate surface area is 115 Å². The lowest BCUT2D eigenvalue weighted by atomic mass is 10.0. The van der Waals surface area contributed by atoms with Crippen molar-refractivity contribution in [3.63, 3.8) is 0 Å². The number of amides is 1. The van der Waals surface area contributed by atoms with Crippen molar-refractivity contribution in [2.45, 2.75) is 32.2 Å². The maximum Gasteiger partial charge on any atom is 0.223 e. The van der Waals surface area contributed by atoms with Gasteiger partial charge in [0.05, 0.1) is 7.11 Å². The van der Waals surface area contributed by atoms with Crippen LogP contribution >= 0.6 is 0 Å². The summed E-state index contributed by atoms with van der Waals surface area (Å²) >= 11 is 0. The molecule has 0 spiro atoms. The van der Waals surface area contributed by atoms with E-state index in [9.17, 15) is 4.79 Å². The molecule has 0 fully saturated rings. The number of aryl methyl sites for hydroxylation is 1. The molecule has 4 nitrogen and oxygen atoms in total. The van der Waals surface area contributed by atoms with E-state index in [4.69, 9.17) is 10.5 Å². The monoisotopic (exact) mass is 264 g/mol. The standard InChI is InChI=1S/C15H24N2O2/c1-15(2,11-16)17(3)14(18)10-7-12-5-8-13(19-4)9-6-12/h5-6,8-9H,7,10-11,16H2,1-4H3. The van der Waals surface area contributed by atoms with Gasteiger partial charge >= 0.3 is 0 Å². The lowest BCUT2D eigenvalue weighted by Crippen LogP contribution is -2.50. The molecule has 0 aliphatic rings. The molecule has 1 amide bonds. The van der Waals surface area contributed by atoms with Crippen molar-refractivity contribution in [2.75, 3.05) is 20.7 Å². The maximum atomic E-state index is 12.1. The van der Waals surface area contributed by atoms with E-state index in [1.54, 1.807) is 12.0 Å². The number of carbonyl (C=O) groups excluding carboxylic acids is 1. The molecule has 0 aromatic heterocycles. The number of ether oxygens (including phenoxy) is 1. The third-order valence-electron chi connectivity index (χ3n) is 3.57. The number of hydrogen-bond donors (Lipinski definition) is 1. The van der Waals surface area contributed by atoms with Gasteiger partial charge in [-0.15, -0.1) is 0 Å². The van der Waals surface area contributed by atoms with Gasteiger partial charge in [-0.1, -0.05) is 12.1 Å². The molecule has 4 heteroatoms. The van der Waals surface area contributed by atoms with Gasteiger partial charge in [0.15, 0.2) is 0 Å². The van der Waals surface area contributed by atoms with E-state index in [2.05, 4.69) is 0 Å². The molecule has 0 bridgehead atoms. The van der Waals surface area contributed by atoms with Gasteiger partial charge in [-0.25, -0.2) is 0 Å². The Bertz CT molecular complexity index is 413. The fourth-order valence-electron chi connectivity index (χ4n) is 1.69. The largest absolute Gasteiger partial charge is 0.497 e. The molecule has 19 heavy (non-hydrogen) atoms. The average Bonchev–Trinajstić information content (AvgIpc) is 2.44. The van der Waals surface area contributed by atoms with E-state index >= 15 is 0 Å². The highest BCUT2D eigenvalue weighted by Crippen LogP contribution is 2.15. The molecule has 0 aliphatic heterocycles. The zero-order valence-electron chi connectivity index (χ0n) is 12.3. The summed E-state index contributed by atoms with van der Waals surface area (Å²) in [6.07, 6.45) is 1.22. The molecule has 0 unspecified atom stereocenters. The fraction of sp³-hybridized carbons (Fsp3) is 0.533. The summed E-state index contributed by atoms with van der Waals surface area (Å²) in [6.45, 7) is 4.40. The van der Waals surface area contributed by atoms with Crippen molar-refractivity contribution >= 4 is 5.91 Å². The first-order valence-corrected chi connectivity index (χ1v) is 6.50. The van der Waals surface area contributed by atoms with Gasteiger partial charge in [-0.05, 0) is 38.0 Å². The molecule has 106 valence electrons. The number of methoxy groups -OCH3 is 1. The van der Waals surface area contributed by atoms with Crippen molar-refractivity contribution in [3.8, 4) is 5.75 Å². The molecule has 0 aliphatic carbocycles. The highest BCUT2D eigenvalue weighted by atomic mass is 16.5. The number of rotatable bonds is 6. The van der Waals surface area contributed by atoms with Crippen LogP contribution in [0.1, 0.15) is 25.8 Å². The number of benzene rings is 1. The third-order valence-corrected chi connectivity index (χ3v) is 3.57. The zero-order valence-corrected chi connectivity index (χ0v) is 12.3. The Hall–Kier alpha value is -1.55. The van der Waals surface area contributed by atoms with Crippen molar-refractivity contribution in [3.05, 3.63) is 29.8 Å². The lowest BCUT2D eigenvalue weighted by molar-refractivity contribution is -0.134. The van der Waals surface area contributed by atoms with Crippen LogP contribution in [0, 0.1) is 0 Å². The average molecular weight is 264 g/mol. The number of likely N-dealkylation sites (N-methyl/N-ethyl adjacent to an activating group) is 1. The van der Waals surface area contributed by atoms with Gasteiger partial charge in [-0.3, -0.25) is 4.79 Å². The normalized spacial score (nSPS) is 11.2.